The molecule has 0 spiro atoms. The van der Waals surface area contributed by atoms with E-state index < -0.39 is 28.0 Å². The number of carbonyl (C=O) groups excluding carboxylic acids is 1. The molecule has 0 aromatic heterocycles. The van der Waals surface area contributed by atoms with Crippen molar-refractivity contribution in [3.8, 4) is 0 Å². The van der Waals surface area contributed by atoms with Gasteiger partial charge in [0.1, 0.15) is 0 Å². The van der Waals surface area contributed by atoms with Gasteiger partial charge in [-0.2, -0.15) is 8.42 Å². The molecule has 0 aliphatic rings. The van der Waals surface area contributed by atoms with Crippen molar-refractivity contribution in [1.29, 1.82) is 0 Å². The number of aliphatic hydroxyl groups is 1. The minimum atomic E-state index is -4.30. The fourth-order valence-electron chi connectivity index (χ4n) is 5.51. The zero-order valence-corrected chi connectivity index (χ0v) is 28.5. The van der Waals surface area contributed by atoms with Crippen LogP contribution in [0.5, 0.6) is 0 Å². The van der Waals surface area contributed by atoms with E-state index in [0.717, 1.165) is 38.5 Å². The van der Waals surface area contributed by atoms with Crippen LogP contribution in [0.25, 0.3) is 0 Å². The van der Waals surface area contributed by atoms with Crippen molar-refractivity contribution in [3.63, 3.8) is 0 Å². The average Bonchev–Trinajstić information content (AvgIpc) is 2.94. The van der Waals surface area contributed by atoms with Crippen LogP contribution in [0.2, 0.25) is 0 Å². The van der Waals surface area contributed by atoms with E-state index in [-0.39, 0.29) is 5.91 Å². The highest BCUT2D eigenvalue weighted by molar-refractivity contribution is 7.85. The summed E-state index contributed by atoms with van der Waals surface area (Å²) in [7, 11) is -4.30. The predicted octanol–water partition coefficient (Wildman–Crippen LogP) is 9.85. The lowest BCUT2D eigenvalue weighted by Gasteiger charge is -2.23. The molecule has 0 radical (unpaired) electrons. The third-order valence-corrected chi connectivity index (χ3v) is 9.00. The van der Waals surface area contributed by atoms with Crippen LogP contribution in [-0.4, -0.2) is 41.9 Å². The molecule has 0 rings (SSSR count). The summed E-state index contributed by atoms with van der Waals surface area (Å²) in [4.78, 5) is 12.4. The highest BCUT2D eigenvalue weighted by Crippen LogP contribution is 2.15. The van der Waals surface area contributed by atoms with Crippen LogP contribution < -0.4 is 5.32 Å². The Morgan fingerprint density at radius 3 is 1.43 bits per heavy atom. The lowest BCUT2D eigenvalue weighted by atomic mass is 10.0. The van der Waals surface area contributed by atoms with Gasteiger partial charge in [0.25, 0.3) is 10.1 Å². The van der Waals surface area contributed by atoms with Crippen LogP contribution in [0.15, 0.2) is 12.2 Å². The lowest BCUT2D eigenvalue weighted by molar-refractivity contribution is -0.122. The number of carbonyl (C=O) groups is 1. The molecule has 6 nitrogen and oxygen atoms in total. The van der Waals surface area contributed by atoms with Gasteiger partial charge in [-0.1, -0.05) is 154 Å². The molecule has 2 unspecified atom stereocenters. The monoisotopic (exact) mass is 615 g/mol. The molecule has 2 atom stereocenters. The van der Waals surface area contributed by atoms with Gasteiger partial charge >= 0.3 is 0 Å². The highest BCUT2D eigenvalue weighted by atomic mass is 32.2. The van der Waals surface area contributed by atoms with Crippen LogP contribution in [-0.2, 0) is 14.9 Å². The Morgan fingerprint density at radius 2 is 1.00 bits per heavy atom. The van der Waals surface area contributed by atoms with E-state index >= 15 is 0 Å². The SMILES string of the molecule is CCCCCCCC/C=C\CCCCCCCCCC(=O)NC(CS(=O)(=O)O)C(O)CCCCCCCCCCCC. The summed E-state index contributed by atoms with van der Waals surface area (Å²) in [6, 6.07) is -0.967. The Kier molecular flexibility index (Phi) is 29.5. The van der Waals surface area contributed by atoms with Crippen molar-refractivity contribution < 1.29 is 22.9 Å². The predicted molar refractivity (Wildman–Crippen MR) is 180 cm³/mol. The number of amides is 1. The molecule has 0 aliphatic heterocycles. The maximum absolute atomic E-state index is 12.4. The third-order valence-electron chi connectivity index (χ3n) is 8.22. The minimum absolute atomic E-state index is 0.251. The Morgan fingerprint density at radius 1 is 0.619 bits per heavy atom. The van der Waals surface area contributed by atoms with Crippen LogP contribution in [0.3, 0.4) is 0 Å². The Balaban J connectivity index is 3.89. The van der Waals surface area contributed by atoms with Gasteiger partial charge < -0.3 is 10.4 Å². The van der Waals surface area contributed by atoms with Gasteiger partial charge in [0.2, 0.25) is 5.91 Å². The Bertz CT molecular complexity index is 725. The van der Waals surface area contributed by atoms with Gasteiger partial charge in [-0.05, 0) is 38.5 Å². The van der Waals surface area contributed by atoms with Crippen molar-refractivity contribution in [2.24, 2.45) is 0 Å². The van der Waals surface area contributed by atoms with Gasteiger partial charge in [-0.3, -0.25) is 9.35 Å². The molecule has 3 N–H and O–H groups in total. The zero-order valence-electron chi connectivity index (χ0n) is 27.6. The van der Waals surface area contributed by atoms with Crippen molar-refractivity contribution in [2.45, 2.75) is 199 Å². The molecule has 0 bridgehead atoms. The molecule has 250 valence electrons. The van der Waals surface area contributed by atoms with Crippen LogP contribution in [0.1, 0.15) is 187 Å². The Labute approximate surface area is 261 Å². The highest BCUT2D eigenvalue weighted by Gasteiger charge is 2.26. The number of hydrogen-bond donors (Lipinski definition) is 3. The smallest absolute Gasteiger partial charge is 0.266 e. The normalized spacial score (nSPS) is 13.5. The second-order valence-corrected chi connectivity index (χ2v) is 14.0. The molecule has 0 fully saturated rings. The summed E-state index contributed by atoms with van der Waals surface area (Å²) in [5.74, 6) is -0.898. The molecule has 0 aromatic carbocycles. The number of hydrogen-bond acceptors (Lipinski definition) is 4. The van der Waals surface area contributed by atoms with E-state index in [0.29, 0.717) is 12.8 Å². The molecular weight excluding hydrogens is 546 g/mol. The van der Waals surface area contributed by atoms with E-state index in [2.05, 4.69) is 31.3 Å². The third kappa shape index (κ3) is 30.5. The standard InChI is InChI=1S/C35H69NO5S/c1-3-5-7-9-11-13-15-16-17-18-19-20-21-23-25-27-29-31-35(38)36-33(32-42(39,40)41)34(37)30-28-26-24-22-14-12-10-8-6-4-2/h16-17,33-34,37H,3-15,18-32H2,1-2H3,(H,36,38)(H,39,40,41)/b17-16-. The number of aliphatic hydroxyl groups excluding tert-OH is 1. The number of nitrogens with one attached hydrogen (secondary N) is 1. The Hall–Kier alpha value is -0.920. The van der Waals surface area contributed by atoms with Crippen LogP contribution >= 0.6 is 0 Å². The van der Waals surface area contributed by atoms with E-state index in [9.17, 15) is 22.9 Å². The first-order chi connectivity index (χ1) is 20.3. The first-order valence-corrected chi connectivity index (χ1v) is 19.5. The first-order valence-electron chi connectivity index (χ1n) is 17.9. The molecular formula is C35H69NO5S. The second-order valence-electron chi connectivity index (χ2n) is 12.5. The minimum Gasteiger partial charge on any atom is -0.391 e. The van der Waals surface area contributed by atoms with Crippen LogP contribution in [0.4, 0.5) is 0 Å². The van der Waals surface area contributed by atoms with E-state index in [1.165, 1.54) is 122 Å². The van der Waals surface area contributed by atoms with Gasteiger partial charge in [0.15, 0.2) is 0 Å². The van der Waals surface area contributed by atoms with Gasteiger partial charge in [0, 0.05) is 6.42 Å². The largest absolute Gasteiger partial charge is 0.391 e. The summed E-state index contributed by atoms with van der Waals surface area (Å²) < 4.78 is 32.3. The van der Waals surface area contributed by atoms with Gasteiger partial charge in [-0.25, -0.2) is 0 Å². The summed E-state index contributed by atoms with van der Waals surface area (Å²) in [6.07, 6.45) is 34.4. The van der Waals surface area contributed by atoms with Crippen molar-refractivity contribution in [2.75, 3.05) is 5.75 Å². The summed E-state index contributed by atoms with van der Waals surface area (Å²) in [5.41, 5.74) is 0. The zero-order chi connectivity index (χ0) is 31.2. The second kappa shape index (κ2) is 30.1. The van der Waals surface area contributed by atoms with E-state index in [1.807, 2.05) is 0 Å². The van der Waals surface area contributed by atoms with Crippen molar-refractivity contribution >= 4 is 16.0 Å². The quantitative estimate of drug-likeness (QED) is 0.0397. The first kappa shape index (κ1) is 41.1. The van der Waals surface area contributed by atoms with Crippen molar-refractivity contribution in [3.05, 3.63) is 12.2 Å². The molecule has 0 saturated heterocycles. The number of rotatable bonds is 32. The maximum atomic E-state index is 12.4. The molecule has 42 heavy (non-hydrogen) atoms. The topological polar surface area (TPSA) is 104 Å². The molecule has 0 aromatic rings. The van der Waals surface area contributed by atoms with E-state index in [4.69, 9.17) is 0 Å². The molecule has 0 aliphatic carbocycles. The lowest BCUT2D eigenvalue weighted by Crippen LogP contribution is -2.47. The molecule has 0 heterocycles. The fourth-order valence-corrected chi connectivity index (χ4v) is 6.27. The maximum Gasteiger partial charge on any atom is 0.266 e. The van der Waals surface area contributed by atoms with Crippen molar-refractivity contribution in [1.82, 2.24) is 5.32 Å². The molecule has 0 saturated carbocycles. The number of unbranched alkanes of at least 4 members (excludes halogenated alkanes) is 22. The average molecular weight is 616 g/mol. The summed E-state index contributed by atoms with van der Waals surface area (Å²) >= 11 is 0. The fraction of sp³-hybridized carbons (Fsp3) is 0.914. The molecule has 7 heteroatoms. The van der Waals surface area contributed by atoms with Gasteiger partial charge in [0.05, 0.1) is 17.9 Å². The number of allylic oxidation sites excluding steroid dienone is 2. The van der Waals surface area contributed by atoms with Gasteiger partial charge in [-0.15, -0.1) is 0 Å². The summed E-state index contributed by atoms with van der Waals surface area (Å²) in [5, 5.41) is 13.2. The van der Waals surface area contributed by atoms with Crippen LogP contribution in [0, 0.1) is 0 Å². The van der Waals surface area contributed by atoms with E-state index in [1.54, 1.807) is 0 Å². The molecule has 1 amide bonds. The summed E-state index contributed by atoms with van der Waals surface area (Å²) in [6.45, 7) is 4.48.